The molecule has 33 heavy (non-hydrogen) atoms. The van der Waals surface area contributed by atoms with Gasteiger partial charge in [-0.25, -0.2) is 9.37 Å². The maximum Gasteiger partial charge on any atom is 0.267 e. The highest BCUT2D eigenvalue weighted by Crippen LogP contribution is 2.25. The molecule has 2 amide bonds. The van der Waals surface area contributed by atoms with Crippen molar-refractivity contribution in [1.29, 1.82) is 5.26 Å². The average molecular weight is 442 g/mol. The summed E-state index contributed by atoms with van der Waals surface area (Å²) in [5.74, 6) is -1.87. The molecule has 0 aliphatic carbocycles. The largest absolute Gasteiger partial charge is 0.364 e. The third kappa shape index (κ3) is 4.27. The van der Waals surface area contributed by atoms with Crippen LogP contribution < -0.4 is 11.1 Å². The van der Waals surface area contributed by atoms with E-state index in [2.05, 4.69) is 21.5 Å². The molecule has 0 fully saturated rings. The number of nitriles is 1. The molecule has 2 heterocycles. The van der Waals surface area contributed by atoms with Crippen molar-refractivity contribution in [2.24, 2.45) is 5.73 Å². The van der Waals surface area contributed by atoms with Crippen molar-refractivity contribution in [3.63, 3.8) is 0 Å². The Kier molecular flexibility index (Phi) is 5.58. The van der Waals surface area contributed by atoms with Gasteiger partial charge in [0, 0.05) is 11.5 Å². The monoisotopic (exact) mass is 442 g/mol. The van der Waals surface area contributed by atoms with Crippen LogP contribution in [0.1, 0.15) is 43.4 Å². The van der Waals surface area contributed by atoms with Crippen LogP contribution in [0.2, 0.25) is 0 Å². The normalized spacial score (nSPS) is 10.7. The van der Waals surface area contributed by atoms with E-state index in [1.807, 2.05) is 13.0 Å². The van der Waals surface area contributed by atoms with Gasteiger partial charge in [0.15, 0.2) is 0 Å². The van der Waals surface area contributed by atoms with Gasteiger partial charge in [-0.3, -0.25) is 14.3 Å². The van der Waals surface area contributed by atoms with Crippen molar-refractivity contribution in [2.45, 2.75) is 20.4 Å². The Hall–Kier alpha value is -4.58. The molecular weight excluding hydrogens is 423 g/mol. The van der Waals surface area contributed by atoms with Gasteiger partial charge in [-0.05, 0) is 49.7 Å². The maximum absolute atomic E-state index is 13.7. The molecule has 3 N–H and O–H groups in total. The van der Waals surface area contributed by atoms with E-state index < -0.39 is 17.6 Å². The number of nitrogens with zero attached hydrogens (tertiary/aromatic N) is 4. The number of hydrogen-bond acceptors (Lipinski definition) is 5. The highest BCUT2D eigenvalue weighted by molar-refractivity contribution is 6.14. The first-order chi connectivity index (χ1) is 15.8. The second-order valence-electron chi connectivity index (χ2n) is 7.55. The molecule has 0 bridgehead atoms. The molecule has 164 valence electrons. The zero-order valence-corrected chi connectivity index (χ0v) is 17.9. The van der Waals surface area contributed by atoms with Gasteiger partial charge < -0.3 is 11.1 Å². The molecular formula is C24H19FN6O2. The van der Waals surface area contributed by atoms with Gasteiger partial charge in [-0.2, -0.15) is 10.4 Å². The van der Waals surface area contributed by atoms with Gasteiger partial charge in [-0.1, -0.05) is 12.1 Å². The summed E-state index contributed by atoms with van der Waals surface area (Å²) in [6, 6.07) is 14.4. The number of halogens is 1. The minimum atomic E-state index is -0.824. The predicted molar refractivity (Wildman–Crippen MR) is 120 cm³/mol. The summed E-state index contributed by atoms with van der Waals surface area (Å²) in [4.78, 5) is 28.9. The number of anilines is 1. The highest BCUT2D eigenvalue weighted by Gasteiger charge is 2.20. The lowest BCUT2D eigenvalue weighted by Crippen LogP contribution is -2.18. The van der Waals surface area contributed by atoms with Gasteiger partial charge in [0.2, 0.25) is 0 Å². The number of nitrogens with one attached hydrogen (secondary N) is 1. The van der Waals surface area contributed by atoms with Crippen LogP contribution in [0.5, 0.6) is 0 Å². The zero-order valence-electron chi connectivity index (χ0n) is 17.9. The molecule has 0 saturated carbocycles. The van der Waals surface area contributed by atoms with Gasteiger partial charge >= 0.3 is 0 Å². The second-order valence-corrected chi connectivity index (χ2v) is 7.55. The van der Waals surface area contributed by atoms with Crippen LogP contribution in [0, 0.1) is 31.0 Å². The number of fused-ring (bicyclic) bond motifs is 1. The number of aromatic nitrogens is 3. The lowest BCUT2D eigenvalue weighted by Gasteiger charge is -2.10. The van der Waals surface area contributed by atoms with Crippen LogP contribution in [-0.4, -0.2) is 26.6 Å². The third-order valence-corrected chi connectivity index (χ3v) is 5.28. The molecule has 8 nitrogen and oxygen atoms in total. The first-order valence-corrected chi connectivity index (χ1v) is 10.0. The number of nitrogens with two attached hydrogens (primary N) is 1. The average Bonchev–Trinajstić information content (AvgIpc) is 3.05. The first-order valence-electron chi connectivity index (χ1n) is 10.0. The molecule has 0 aliphatic rings. The number of carbonyl (C=O) groups is 2. The quantitative estimate of drug-likeness (QED) is 0.489. The SMILES string of the molecule is Cc1nn(Cc2cccc(C#N)c2)c(C)c1NC(=O)c1cc(C(N)=O)nc2cc(F)ccc12. The second kappa shape index (κ2) is 8.51. The van der Waals surface area contributed by atoms with Gasteiger partial charge in [-0.15, -0.1) is 0 Å². The number of hydrogen-bond donors (Lipinski definition) is 2. The highest BCUT2D eigenvalue weighted by atomic mass is 19.1. The summed E-state index contributed by atoms with van der Waals surface area (Å²) < 4.78 is 15.4. The van der Waals surface area contributed by atoms with Crippen LogP contribution in [0.25, 0.3) is 10.9 Å². The lowest BCUT2D eigenvalue weighted by molar-refractivity contribution is 0.0996. The number of amides is 2. The van der Waals surface area contributed by atoms with Crippen LogP contribution in [0.4, 0.5) is 10.1 Å². The van der Waals surface area contributed by atoms with Crippen LogP contribution in [-0.2, 0) is 6.54 Å². The van der Waals surface area contributed by atoms with E-state index in [9.17, 15) is 14.0 Å². The fourth-order valence-electron chi connectivity index (χ4n) is 3.64. The fourth-order valence-corrected chi connectivity index (χ4v) is 3.64. The standard InChI is InChI=1S/C24H19FN6O2/c1-13-22(14(2)31(30-13)12-16-5-3-4-15(8-16)11-26)29-24(33)19-10-21(23(27)32)28-20-9-17(25)6-7-18(19)20/h3-10H,12H2,1-2H3,(H2,27,32)(H,29,33). The molecule has 0 radical (unpaired) electrons. The Bertz CT molecular complexity index is 1470. The van der Waals surface area contributed by atoms with E-state index in [0.29, 0.717) is 34.6 Å². The van der Waals surface area contributed by atoms with E-state index in [4.69, 9.17) is 11.0 Å². The Morgan fingerprint density at radius 1 is 1.18 bits per heavy atom. The van der Waals surface area contributed by atoms with Crippen molar-refractivity contribution >= 4 is 28.4 Å². The van der Waals surface area contributed by atoms with Crippen LogP contribution in [0.15, 0.2) is 48.5 Å². The Balaban J connectivity index is 1.69. The minimum absolute atomic E-state index is 0.139. The Morgan fingerprint density at radius 2 is 1.97 bits per heavy atom. The third-order valence-electron chi connectivity index (χ3n) is 5.28. The summed E-state index contributed by atoms with van der Waals surface area (Å²) in [6.45, 7) is 4.00. The molecule has 4 aromatic rings. The molecule has 0 saturated heterocycles. The smallest absolute Gasteiger partial charge is 0.267 e. The maximum atomic E-state index is 13.7. The first kappa shape index (κ1) is 21.6. The molecule has 2 aromatic carbocycles. The van der Waals surface area contributed by atoms with E-state index in [1.165, 1.54) is 18.2 Å². The summed E-state index contributed by atoms with van der Waals surface area (Å²) in [6.07, 6.45) is 0. The summed E-state index contributed by atoms with van der Waals surface area (Å²) in [5, 5.41) is 16.9. The van der Waals surface area contributed by atoms with Crippen molar-refractivity contribution in [2.75, 3.05) is 5.32 Å². The molecule has 4 rings (SSSR count). The van der Waals surface area contributed by atoms with Crippen molar-refractivity contribution in [1.82, 2.24) is 14.8 Å². The minimum Gasteiger partial charge on any atom is -0.364 e. The van der Waals surface area contributed by atoms with Gasteiger partial charge in [0.05, 0.1) is 46.3 Å². The summed E-state index contributed by atoms with van der Waals surface area (Å²) >= 11 is 0. The topological polar surface area (TPSA) is 127 Å². The van der Waals surface area contributed by atoms with E-state index in [-0.39, 0.29) is 16.8 Å². The predicted octanol–water partition coefficient (Wildman–Crippen LogP) is 3.46. The summed E-state index contributed by atoms with van der Waals surface area (Å²) in [5.41, 5.74) is 8.77. The lowest BCUT2D eigenvalue weighted by atomic mass is 10.1. The van der Waals surface area contributed by atoms with Crippen LogP contribution >= 0.6 is 0 Å². The molecule has 0 unspecified atom stereocenters. The Labute approximate surface area is 188 Å². The fraction of sp³-hybridized carbons (Fsp3) is 0.125. The van der Waals surface area contributed by atoms with E-state index >= 15 is 0 Å². The van der Waals surface area contributed by atoms with E-state index in [0.717, 1.165) is 11.6 Å². The van der Waals surface area contributed by atoms with Gasteiger partial charge in [0.1, 0.15) is 11.5 Å². The number of carbonyl (C=O) groups excluding carboxylic acids is 2. The molecule has 9 heteroatoms. The molecule has 2 aromatic heterocycles. The Morgan fingerprint density at radius 3 is 2.70 bits per heavy atom. The zero-order chi connectivity index (χ0) is 23.7. The summed E-state index contributed by atoms with van der Waals surface area (Å²) in [7, 11) is 0. The number of benzene rings is 2. The number of aryl methyl sites for hydroxylation is 1. The van der Waals surface area contributed by atoms with E-state index in [1.54, 1.807) is 29.8 Å². The molecule has 0 atom stereocenters. The van der Waals surface area contributed by atoms with Crippen LogP contribution in [0.3, 0.4) is 0 Å². The number of primary amides is 1. The van der Waals surface area contributed by atoms with Crippen molar-refractivity contribution in [3.8, 4) is 6.07 Å². The van der Waals surface area contributed by atoms with Crippen molar-refractivity contribution < 1.29 is 14.0 Å². The number of rotatable bonds is 5. The number of pyridine rings is 1. The van der Waals surface area contributed by atoms with Gasteiger partial charge in [0.25, 0.3) is 11.8 Å². The van der Waals surface area contributed by atoms with Crippen molar-refractivity contribution in [3.05, 3.63) is 88.1 Å². The molecule has 0 spiro atoms. The molecule has 0 aliphatic heterocycles.